The van der Waals surface area contributed by atoms with Gasteiger partial charge in [0.15, 0.2) is 0 Å². The van der Waals surface area contributed by atoms with Gasteiger partial charge in [-0.3, -0.25) is 9.59 Å². The fraction of sp³-hybridized carbons (Fsp3) is 0.154. The van der Waals surface area contributed by atoms with Crippen molar-refractivity contribution in [3.8, 4) is 22.6 Å². The Kier molecular flexibility index (Phi) is 5.22. The van der Waals surface area contributed by atoms with E-state index in [9.17, 15) is 9.59 Å². The number of hydrogen-bond donors (Lipinski definition) is 2. The van der Waals surface area contributed by atoms with Crippen molar-refractivity contribution in [3.63, 3.8) is 0 Å². The maximum atomic E-state index is 13.1. The number of carbonyl (C=O) groups is 2. The van der Waals surface area contributed by atoms with Gasteiger partial charge in [0.1, 0.15) is 29.8 Å². The van der Waals surface area contributed by atoms with E-state index in [1.54, 1.807) is 20.2 Å². The molecule has 0 bridgehead atoms. The van der Waals surface area contributed by atoms with Gasteiger partial charge in [0.25, 0.3) is 11.8 Å². The molecule has 0 saturated heterocycles. The second-order valence-corrected chi connectivity index (χ2v) is 7.88. The van der Waals surface area contributed by atoms with Crippen LogP contribution in [-0.2, 0) is 4.79 Å². The number of amides is 2. The molecule has 0 unspecified atom stereocenters. The first-order valence-corrected chi connectivity index (χ1v) is 10.6. The van der Waals surface area contributed by atoms with Crippen LogP contribution in [0.5, 0.6) is 11.5 Å². The molecule has 166 valence electrons. The summed E-state index contributed by atoms with van der Waals surface area (Å²) < 4.78 is 11.0. The van der Waals surface area contributed by atoms with Gasteiger partial charge in [-0.2, -0.15) is 0 Å². The van der Waals surface area contributed by atoms with Crippen molar-refractivity contribution < 1.29 is 19.1 Å². The monoisotopic (exact) mass is 441 g/mol. The number of rotatable bonds is 4. The maximum absolute atomic E-state index is 13.1. The predicted molar refractivity (Wildman–Crippen MR) is 127 cm³/mol. The van der Waals surface area contributed by atoms with Gasteiger partial charge in [-0.25, -0.2) is 0 Å². The van der Waals surface area contributed by atoms with Gasteiger partial charge in [0, 0.05) is 18.0 Å². The van der Waals surface area contributed by atoms with Crippen molar-refractivity contribution in [1.29, 1.82) is 0 Å². The Balaban J connectivity index is 1.40. The fourth-order valence-corrected chi connectivity index (χ4v) is 4.08. The Bertz CT molecular complexity index is 1340. The minimum absolute atomic E-state index is 0.0588. The zero-order valence-corrected chi connectivity index (χ0v) is 18.3. The number of aromatic nitrogens is 1. The molecule has 1 aliphatic heterocycles. The Morgan fingerprint density at radius 1 is 1.09 bits per heavy atom. The van der Waals surface area contributed by atoms with Crippen molar-refractivity contribution in [3.05, 3.63) is 78.5 Å². The summed E-state index contributed by atoms with van der Waals surface area (Å²) in [6.07, 6.45) is 0. The van der Waals surface area contributed by atoms with Gasteiger partial charge in [0.2, 0.25) is 0 Å². The number of hydrogen-bond acceptors (Lipinski definition) is 4. The van der Waals surface area contributed by atoms with Crippen LogP contribution in [0, 0.1) is 0 Å². The van der Waals surface area contributed by atoms with Crippen LogP contribution >= 0.6 is 0 Å². The lowest BCUT2D eigenvalue weighted by molar-refractivity contribution is -0.120. The predicted octanol–water partition coefficient (Wildman–Crippen LogP) is 4.00. The van der Waals surface area contributed by atoms with E-state index in [4.69, 9.17) is 9.47 Å². The van der Waals surface area contributed by atoms with Gasteiger partial charge in [-0.15, -0.1) is 0 Å². The molecular formula is C26H23N3O4. The highest BCUT2D eigenvalue weighted by Gasteiger charge is 2.31. The minimum atomic E-state index is -0.803. The van der Waals surface area contributed by atoms with E-state index in [1.807, 2.05) is 66.7 Å². The molecule has 2 amide bonds. The summed E-state index contributed by atoms with van der Waals surface area (Å²) >= 11 is 0. The molecule has 4 aromatic rings. The standard InChI is InChI=1S/C26H23N3O4/c1-29-22-8-3-4-9-23(22)33-15-21(26(29)31)28-25(30)20-14-17-6-5-7-19(24(17)27-20)16-10-12-18(32-2)13-11-16/h3-14,21,27H,15H2,1-2H3,(H,28,30)/t21-/m0/s1. The SMILES string of the molecule is COc1ccc(-c2cccc3cc(C(=O)N[C@H]4COc5ccccc5N(C)C4=O)[nH]c23)cc1. The average molecular weight is 441 g/mol. The lowest BCUT2D eigenvalue weighted by Gasteiger charge is -2.20. The molecular weight excluding hydrogens is 418 g/mol. The lowest BCUT2D eigenvalue weighted by atomic mass is 10.0. The zero-order chi connectivity index (χ0) is 22.9. The fourth-order valence-electron chi connectivity index (χ4n) is 4.08. The molecule has 1 aromatic heterocycles. The molecule has 0 saturated carbocycles. The topological polar surface area (TPSA) is 83.7 Å². The molecule has 2 heterocycles. The first-order valence-electron chi connectivity index (χ1n) is 10.6. The van der Waals surface area contributed by atoms with Gasteiger partial charge >= 0.3 is 0 Å². The largest absolute Gasteiger partial charge is 0.497 e. The molecule has 5 rings (SSSR count). The van der Waals surface area contributed by atoms with Gasteiger partial charge in [0.05, 0.1) is 18.3 Å². The summed E-state index contributed by atoms with van der Waals surface area (Å²) in [4.78, 5) is 30.8. The van der Waals surface area contributed by atoms with Crippen molar-refractivity contribution >= 4 is 28.4 Å². The molecule has 0 spiro atoms. The Hall–Kier alpha value is -4.26. The van der Waals surface area contributed by atoms with Crippen LogP contribution in [0.15, 0.2) is 72.8 Å². The number of methoxy groups -OCH3 is 1. The van der Waals surface area contributed by atoms with E-state index in [0.717, 1.165) is 27.8 Å². The lowest BCUT2D eigenvalue weighted by Crippen LogP contribution is -2.49. The van der Waals surface area contributed by atoms with E-state index in [1.165, 1.54) is 4.90 Å². The van der Waals surface area contributed by atoms with Crippen LogP contribution in [0.3, 0.4) is 0 Å². The summed E-state index contributed by atoms with van der Waals surface area (Å²) in [5.41, 5.74) is 3.87. The van der Waals surface area contributed by atoms with Gasteiger partial charge in [-0.1, -0.05) is 42.5 Å². The summed E-state index contributed by atoms with van der Waals surface area (Å²) in [7, 11) is 3.31. The van der Waals surface area contributed by atoms with Crippen molar-refractivity contribution in [2.75, 3.05) is 25.7 Å². The quantitative estimate of drug-likeness (QED) is 0.502. The molecule has 1 aliphatic rings. The first-order chi connectivity index (χ1) is 16.0. The van der Waals surface area contributed by atoms with E-state index in [-0.39, 0.29) is 18.4 Å². The molecule has 3 aromatic carbocycles. The maximum Gasteiger partial charge on any atom is 0.268 e. The van der Waals surface area contributed by atoms with Crippen LogP contribution < -0.4 is 19.7 Å². The second kappa shape index (κ2) is 8.35. The highest BCUT2D eigenvalue weighted by molar-refractivity contribution is 6.05. The number of likely N-dealkylation sites (N-methyl/N-ethyl adjacent to an activating group) is 1. The van der Waals surface area contributed by atoms with Crippen LogP contribution in [-0.4, -0.2) is 43.6 Å². The molecule has 7 nitrogen and oxygen atoms in total. The Labute approximate surface area is 190 Å². The molecule has 1 atom stereocenters. The second-order valence-electron chi connectivity index (χ2n) is 7.88. The number of nitrogens with zero attached hydrogens (tertiary/aromatic N) is 1. The smallest absolute Gasteiger partial charge is 0.268 e. The van der Waals surface area contributed by atoms with Crippen LogP contribution in [0.1, 0.15) is 10.5 Å². The highest BCUT2D eigenvalue weighted by atomic mass is 16.5. The zero-order valence-electron chi connectivity index (χ0n) is 18.3. The van der Waals surface area contributed by atoms with Crippen molar-refractivity contribution in [2.45, 2.75) is 6.04 Å². The normalized spacial score (nSPS) is 15.5. The van der Waals surface area contributed by atoms with Gasteiger partial charge < -0.3 is 24.7 Å². The summed E-state index contributed by atoms with van der Waals surface area (Å²) in [5.74, 6) is 0.788. The number of ether oxygens (including phenoxy) is 2. The summed E-state index contributed by atoms with van der Waals surface area (Å²) in [5, 5.41) is 3.73. The van der Waals surface area contributed by atoms with E-state index >= 15 is 0 Å². The molecule has 2 N–H and O–H groups in total. The Morgan fingerprint density at radius 2 is 1.88 bits per heavy atom. The number of H-pyrrole nitrogens is 1. The van der Waals surface area contributed by atoms with E-state index in [0.29, 0.717) is 17.1 Å². The molecule has 33 heavy (non-hydrogen) atoms. The molecule has 0 radical (unpaired) electrons. The van der Waals surface area contributed by atoms with Crippen LogP contribution in [0.2, 0.25) is 0 Å². The number of aromatic amines is 1. The molecule has 7 heteroatoms. The number of anilines is 1. The summed E-state index contributed by atoms with van der Waals surface area (Å²) in [6.45, 7) is 0.0588. The van der Waals surface area contributed by atoms with Crippen molar-refractivity contribution in [1.82, 2.24) is 10.3 Å². The number of nitrogens with one attached hydrogen (secondary N) is 2. The molecule has 0 fully saturated rings. The number of benzene rings is 3. The summed E-state index contributed by atoms with van der Waals surface area (Å²) in [6, 6.07) is 21.9. The first kappa shape index (κ1) is 20.6. The van der Waals surface area contributed by atoms with E-state index < -0.39 is 6.04 Å². The third-order valence-electron chi connectivity index (χ3n) is 5.87. The number of carbonyl (C=O) groups excluding carboxylic acids is 2. The molecule has 0 aliphatic carbocycles. The minimum Gasteiger partial charge on any atom is -0.497 e. The van der Waals surface area contributed by atoms with Gasteiger partial charge in [-0.05, 0) is 35.9 Å². The third kappa shape index (κ3) is 3.78. The van der Waals surface area contributed by atoms with Crippen LogP contribution in [0.25, 0.3) is 22.0 Å². The van der Waals surface area contributed by atoms with Crippen LogP contribution in [0.4, 0.5) is 5.69 Å². The van der Waals surface area contributed by atoms with E-state index in [2.05, 4.69) is 10.3 Å². The highest BCUT2D eigenvalue weighted by Crippen LogP contribution is 2.31. The Morgan fingerprint density at radius 3 is 2.67 bits per heavy atom. The third-order valence-corrected chi connectivity index (χ3v) is 5.87. The average Bonchev–Trinajstić information content (AvgIpc) is 3.26. The number of fused-ring (bicyclic) bond motifs is 2. The van der Waals surface area contributed by atoms with Crippen molar-refractivity contribution in [2.24, 2.45) is 0 Å². The number of para-hydroxylation sites is 3.